The second-order valence-corrected chi connectivity index (χ2v) is 9.78. The van der Waals surface area contributed by atoms with Crippen molar-refractivity contribution in [2.75, 3.05) is 16.9 Å². The van der Waals surface area contributed by atoms with Crippen molar-refractivity contribution < 1.29 is 9.53 Å². The molecule has 0 unspecified atom stereocenters. The first kappa shape index (κ1) is 24.6. The average Bonchev–Trinajstić information content (AvgIpc) is 3.09. The highest BCUT2D eigenvalue weighted by Crippen LogP contribution is 2.32. The van der Waals surface area contributed by atoms with Crippen LogP contribution in [0.1, 0.15) is 67.6 Å². The summed E-state index contributed by atoms with van der Waals surface area (Å²) in [5.41, 5.74) is 5.42. The molecule has 0 bridgehead atoms. The zero-order valence-electron chi connectivity index (χ0n) is 20.2. The van der Waals surface area contributed by atoms with Crippen LogP contribution in [0.3, 0.4) is 0 Å². The first-order chi connectivity index (χ1) is 15.7. The minimum Gasteiger partial charge on any atom is -0.486 e. The van der Waals surface area contributed by atoms with Gasteiger partial charge in [-0.1, -0.05) is 63.7 Å². The average molecular weight is 468 g/mol. The van der Waals surface area contributed by atoms with E-state index < -0.39 is 0 Å². The number of para-hydroxylation sites is 1. The first-order valence-corrected chi connectivity index (χ1v) is 12.1. The second kappa shape index (κ2) is 10.7. The van der Waals surface area contributed by atoms with Gasteiger partial charge in [0.1, 0.15) is 12.4 Å². The fourth-order valence-electron chi connectivity index (χ4n) is 3.67. The number of amides is 1. The number of thioether (sulfide) groups is 1. The van der Waals surface area contributed by atoms with Gasteiger partial charge in [0, 0.05) is 5.69 Å². The van der Waals surface area contributed by atoms with Crippen LogP contribution in [0.25, 0.3) is 0 Å². The molecule has 3 aromatic rings. The number of benzene rings is 2. The Hall–Kier alpha value is -3.00. The molecule has 0 saturated carbocycles. The lowest BCUT2D eigenvalue weighted by Gasteiger charge is -2.20. The molecule has 0 aliphatic rings. The number of carbonyl (C=O) groups is 1. The number of nitrogen functional groups attached to an aromatic ring is 1. The number of hydrogen-bond donors (Lipinski definition) is 2. The van der Waals surface area contributed by atoms with Crippen LogP contribution in [0, 0.1) is 13.8 Å². The van der Waals surface area contributed by atoms with Crippen molar-refractivity contribution in [3.63, 3.8) is 0 Å². The molecule has 0 spiro atoms. The molecule has 1 amide bonds. The standard InChI is InChI=1S/C25H33N5O2S/c1-15(2)20-8-7-9-21(16(3)4)24(20)27-23(31)14-33-25-29-28-22(30(25)26)13-32-19-11-17(5)10-18(6)12-19/h7-12,15-16H,13-14,26H2,1-6H3,(H,27,31). The van der Waals surface area contributed by atoms with E-state index in [1.807, 2.05) is 32.0 Å². The normalized spacial score (nSPS) is 11.3. The van der Waals surface area contributed by atoms with Gasteiger partial charge in [-0.25, -0.2) is 4.68 Å². The van der Waals surface area contributed by atoms with Gasteiger partial charge in [0.05, 0.1) is 5.75 Å². The van der Waals surface area contributed by atoms with Crippen LogP contribution in [0.4, 0.5) is 5.69 Å². The predicted molar refractivity (Wildman–Crippen MR) is 134 cm³/mol. The Balaban J connectivity index is 1.63. The summed E-state index contributed by atoms with van der Waals surface area (Å²) in [6, 6.07) is 12.2. The fourth-order valence-corrected chi connectivity index (χ4v) is 4.34. The highest BCUT2D eigenvalue weighted by atomic mass is 32.2. The van der Waals surface area contributed by atoms with Crippen molar-refractivity contribution >= 4 is 23.4 Å². The smallest absolute Gasteiger partial charge is 0.234 e. The summed E-state index contributed by atoms with van der Waals surface area (Å²) >= 11 is 1.25. The summed E-state index contributed by atoms with van der Waals surface area (Å²) in [7, 11) is 0. The molecule has 0 aliphatic carbocycles. The third kappa shape index (κ3) is 6.28. The number of rotatable bonds is 9. The van der Waals surface area contributed by atoms with E-state index in [-0.39, 0.29) is 18.3 Å². The van der Waals surface area contributed by atoms with Gasteiger partial charge in [-0.2, -0.15) is 0 Å². The van der Waals surface area contributed by atoms with Crippen molar-refractivity contribution in [2.24, 2.45) is 0 Å². The molecule has 0 atom stereocenters. The Morgan fingerprint density at radius 2 is 1.67 bits per heavy atom. The van der Waals surface area contributed by atoms with Crippen molar-refractivity contribution in [3.8, 4) is 5.75 Å². The Labute approximate surface area is 200 Å². The number of carbonyl (C=O) groups excluding carboxylic acids is 1. The van der Waals surface area contributed by atoms with Crippen molar-refractivity contribution in [2.45, 2.75) is 65.1 Å². The summed E-state index contributed by atoms with van der Waals surface area (Å²) < 4.78 is 7.21. The Bertz CT molecular complexity index is 1080. The topological polar surface area (TPSA) is 95.1 Å². The molecule has 3 rings (SSSR count). The van der Waals surface area contributed by atoms with E-state index >= 15 is 0 Å². The first-order valence-electron chi connectivity index (χ1n) is 11.1. The molecule has 3 N–H and O–H groups in total. The monoisotopic (exact) mass is 467 g/mol. The molecule has 33 heavy (non-hydrogen) atoms. The van der Waals surface area contributed by atoms with E-state index in [1.54, 1.807) is 0 Å². The van der Waals surface area contributed by atoms with Gasteiger partial charge in [-0.15, -0.1) is 10.2 Å². The van der Waals surface area contributed by atoms with Crippen LogP contribution in [-0.2, 0) is 11.4 Å². The number of nitrogens with one attached hydrogen (secondary N) is 1. The van der Waals surface area contributed by atoms with Crippen LogP contribution in [-0.4, -0.2) is 26.5 Å². The molecule has 0 fully saturated rings. The maximum Gasteiger partial charge on any atom is 0.234 e. The summed E-state index contributed by atoms with van der Waals surface area (Å²) in [5.74, 6) is 8.08. The molecule has 0 radical (unpaired) electrons. The third-order valence-corrected chi connectivity index (χ3v) is 6.21. The Morgan fingerprint density at radius 1 is 1.06 bits per heavy atom. The molecule has 0 aliphatic heterocycles. The Morgan fingerprint density at radius 3 is 2.24 bits per heavy atom. The maximum atomic E-state index is 12.8. The van der Waals surface area contributed by atoms with E-state index in [4.69, 9.17) is 10.6 Å². The number of hydrogen-bond acceptors (Lipinski definition) is 6. The predicted octanol–water partition coefficient (Wildman–Crippen LogP) is 5.17. The van der Waals surface area contributed by atoms with E-state index in [0.29, 0.717) is 22.8 Å². The molecule has 1 aromatic heterocycles. The van der Waals surface area contributed by atoms with Crippen LogP contribution in [0.2, 0.25) is 0 Å². The lowest BCUT2D eigenvalue weighted by atomic mass is 9.92. The van der Waals surface area contributed by atoms with E-state index in [2.05, 4.69) is 61.4 Å². The molecular weight excluding hydrogens is 434 g/mol. The number of ether oxygens (including phenoxy) is 1. The lowest BCUT2D eigenvalue weighted by molar-refractivity contribution is -0.113. The molecule has 7 nitrogen and oxygen atoms in total. The molecule has 0 saturated heterocycles. The number of nitrogens with two attached hydrogens (primary N) is 1. The third-order valence-electron chi connectivity index (χ3n) is 5.27. The van der Waals surface area contributed by atoms with Crippen LogP contribution < -0.4 is 15.9 Å². The van der Waals surface area contributed by atoms with Crippen LogP contribution in [0.5, 0.6) is 5.75 Å². The fraction of sp³-hybridized carbons (Fsp3) is 0.400. The SMILES string of the molecule is Cc1cc(C)cc(OCc2nnc(SCC(=O)Nc3c(C(C)C)cccc3C(C)C)n2N)c1. The Kier molecular flexibility index (Phi) is 8.02. The van der Waals surface area contributed by atoms with Gasteiger partial charge in [-0.3, -0.25) is 4.79 Å². The van der Waals surface area contributed by atoms with Gasteiger partial charge < -0.3 is 15.9 Å². The van der Waals surface area contributed by atoms with Gasteiger partial charge in [0.25, 0.3) is 0 Å². The largest absolute Gasteiger partial charge is 0.486 e. The molecule has 8 heteroatoms. The van der Waals surface area contributed by atoms with Crippen LogP contribution >= 0.6 is 11.8 Å². The van der Waals surface area contributed by atoms with E-state index in [0.717, 1.165) is 33.7 Å². The van der Waals surface area contributed by atoms with E-state index in [1.165, 1.54) is 16.4 Å². The molecule has 1 heterocycles. The van der Waals surface area contributed by atoms with Gasteiger partial charge in [0.2, 0.25) is 11.1 Å². The molecular formula is C25H33N5O2S. The highest BCUT2D eigenvalue weighted by molar-refractivity contribution is 7.99. The minimum absolute atomic E-state index is 0.106. The summed E-state index contributed by atoms with van der Waals surface area (Å²) in [6.07, 6.45) is 0. The zero-order chi connectivity index (χ0) is 24.1. The minimum atomic E-state index is -0.106. The van der Waals surface area contributed by atoms with Crippen molar-refractivity contribution in [1.29, 1.82) is 0 Å². The van der Waals surface area contributed by atoms with Gasteiger partial charge >= 0.3 is 0 Å². The van der Waals surface area contributed by atoms with Crippen molar-refractivity contribution in [3.05, 3.63) is 64.5 Å². The van der Waals surface area contributed by atoms with Gasteiger partial charge in [-0.05, 0) is 60.1 Å². The number of anilines is 1. The van der Waals surface area contributed by atoms with Crippen LogP contribution in [0.15, 0.2) is 41.6 Å². The number of nitrogens with zero attached hydrogens (tertiary/aromatic N) is 3. The molecule has 2 aromatic carbocycles. The van der Waals surface area contributed by atoms with Gasteiger partial charge in [0.15, 0.2) is 5.82 Å². The lowest BCUT2D eigenvalue weighted by Crippen LogP contribution is -2.19. The number of aromatic nitrogens is 3. The zero-order valence-corrected chi connectivity index (χ0v) is 21.0. The summed E-state index contributed by atoms with van der Waals surface area (Å²) in [5, 5.41) is 11.8. The maximum absolute atomic E-state index is 12.8. The molecule has 176 valence electrons. The summed E-state index contributed by atoms with van der Waals surface area (Å²) in [6.45, 7) is 12.7. The number of aryl methyl sites for hydroxylation is 2. The second-order valence-electron chi connectivity index (χ2n) is 8.84. The quantitative estimate of drug-likeness (QED) is 0.333. The highest BCUT2D eigenvalue weighted by Gasteiger charge is 2.18. The van der Waals surface area contributed by atoms with Crippen molar-refractivity contribution in [1.82, 2.24) is 14.9 Å². The van der Waals surface area contributed by atoms with E-state index in [9.17, 15) is 4.79 Å². The summed E-state index contributed by atoms with van der Waals surface area (Å²) in [4.78, 5) is 12.8.